The summed E-state index contributed by atoms with van der Waals surface area (Å²) in [7, 11) is 1.42. The van der Waals surface area contributed by atoms with Crippen molar-refractivity contribution in [2.24, 2.45) is 0 Å². The first-order valence-electron chi connectivity index (χ1n) is 3.69. The zero-order valence-electron chi connectivity index (χ0n) is 7.13. The molecule has 1 saturated heterocycles. The van der Waals surface area contributed by atoms with Gasteiger partial charge in [0.05, 0.1) is 12.7 Å². The fourth-order valence-electron chi connectivity index (χ4n) is 1.08. The van der Waals surface area contributed by atoms with Crippen LogP contribution < -0.4 is 0 Å². The molecule has 1 heterocycles. The van der Waals surface area contributed by atoms with Crippen LogP contribution >= 0.6 is 0 Å². The standard InChI is InChI=1S/C7H13O5.Re/c1-11-6-2-4(9)7(10)5(3-8)12-6;/h2,4-10H,3H2,1H3;/q-1;. The molecule has 1 fully saturated rings. The molecule has 1 aliphatic rings. The molecule has 4 unspecified atom stereocenters. The molecule has 5 nitrogen and oxygen atoms in total. The maximum Gasteiger partial charge on any atom is 0.106 e. The second-order valence-electron chi connectivity index (χ2n) is 2.63. The first kappa shape index (κ1) is 13.5. The number of rotatable bonds is 2. The summed E-state index contributed by atoms with van der Waals surface area (Å²) in [6.45, 7) is -0.341. The van der Waals surface area contributed by atoms with E-state index in [-0.39, 0.29) is 27.0 Å². The fraction of sp³-hybridized carbons (Fsp3) is 0.857. The van der Waals surface area contributed by atoms with Crippen molar-refractivity contribution in [1.82, 2.24) is 0 Å². The van der Waals surface area contributed by atoms with E-state index in [0.29, 0.717) is 0 Å². The molecule has 0 aromatic heterocycles. The number of hydrogen-bond acceptors (Lipinski definition) is 5. The molecule has 0 aliphatic carbocycles. The van der Waals surface area contributed by atoms with Gasteiger partial charge in [-0.05, 0) is 6.10 Å². The van der Waals surface area contributed by atoms with Crippen molar-refractivity contribution in [3.63, 3.8) is 0 Å². The Morgan fingerprint density at radius 3 is 2.54 bits per heavy atom. The molecule has 0 bridgehead atoms. The Hall–Kier alpha value is 0.462. The molecule has 1 radical (unpaired) electrons. The van der Waals surface area contributed by atoms with Crippen LogP contribution in [0.4, 0.5) is 0 Å². The molecule has 79 valence electrons. The summed E-state index contributed by atoms with van der Waals surface area (Å²) < 4.78 is 9.81. The average molecular weight is 363 g/mol. The number of aliphatic hydroxyl groups is 3. The number of ether oxygens (including phenoxy) is 2. The van der Waals surface area contributed by atoms with Crippen LogP contribution in [0.5, 0.6) is 0 Å². The third-order valence-electron chi connectivity index (χ3n) is 1.81. The molecule has 1 rings (SSSR count). The average Bonchev–Trinajstić information content (AvgIpc) is 2.09. The largest absolute Gasteiger partial charge is 0.422 e. The predicted molar refractivity (Wildman–Crippen MR) is 39.1 cm³/mol. The van der Waals surface area contributed by atoms with Crippen molar-refractivity contribution in [2.45, 2.75) is 24.6 Å². The third-order valence-corrected chi connectivity index (χ3v) is 1.81. The first-order valence-corrected chi connectivity index (χ1v) is 3.69. The van der Waals surface area contributed by atoms with Crippen molar-refractivity contribution in [3.05, 3.63) is 6.42 Å². The Bertz CT molecular complexity index is 145. The number of aliphatic hydroxyl groups excluding tert-OH is 3. The summed E-state index contributed by atoms with van der Waals surface area (Å²) in [6, 6.07) is 0. The van der Waals surface area contributed by atoms with Gasteiger partial charge < -0.3 is 24.8 Å². The molecule has 1 aliphatic heterocycles. The molecular formula is C7H13O5Re-. The molecule has 0 amide bonds. The number of hydrogen-bond donors (Lipinski definition) is 3. The predicted octanol–water partition coefficient (Wildman–Crippen LogP) is -1.73. The molecule has 0 aromatic rings. The first-order chi connectivity index (χ1) is 5.69. The smallest absolute Gasteiger partial charge is 0.106 e. The Balaban J connectivity index is 0.00000144. The normalized spacial score (nSPS) is 39.7. The van der Waals surface area contributed by atoms with Crippen molar-refractivity contribution >= 4 is 0 Å². The van der Waals surface area contributed by atoms with Crippen LogP contribution in [-0.2, 0) is 29.9 Å². The quantitative estimate of drug-likeness (QED) is 0.509. The maximum absolute atomic E-state index is 9.23. The van der Waals surface area contributed by atoms with Gasteiger partial charge in [0.25, 0.3) is 0 Å². The monoisotopic (exact) mass is 364 g/mol. The minimum atomic E-state index is -1.08. The van der Waals surface area contributed by atoms with Crippen molar-refractivity contribution in [3.8, 4) is 0 Å². The number of methoxy groups -OCH3 is 1. The molecule has 0 spiro atoms. The topological polar surface area (TPSA) is 79.2 Å². The van der Waals surface area contributed by atoms with Gasteiger partial charge in [0.15, 0.2) is 0 Å². The zero-order valence-corrected chi connectivity index (χ0v) is 9.85. The van der Waals surface area contributed by atoms with Gasteiger partial charge in [0, 0.05) is 33.8 Å². The van der Waals surface area contributed by atoms with Crippen LogP contribution in [-0.4, -0.2) is 53.6 Å². The summed E-state index contributed by atoms with van der Waals surface area (Å²) in [4.78, 5) is 0. The molecule has 0 aromatic carbocycles. The van der Waals surface area contributed by atoms with E-state index in [2.05, 4.69) is 0 Å². The van der Waals surface area contributed by atoms with Crippen LogP contribution in [0.1, 0.15) is 0 Å². The van der Waals surface area contributed by atoms with Crippen LogP contribution in [0.15, 0.2) is 0 Å². The molecule has 3 N–H and O–H groups in total. The van der Waals surface area contributed by atoms with E-state index in [1.54, 1.807) is 0 Å². The molecule has 4 atom stereocenters. The Kier molecular flexibility index (Phi) is 6.26. The minimum absolute atomic E-state index is 0. The summed E-state index contributed by atoms with van der Waals surface area (Å²) >= 11 is 0. The van der Waals surface area contributed by atoms with Gasteiger partial charge in [-0.1, -0.05) is 0 Å². The zero-order chi connectivity index (χ0) is 9.14. The van der Waals surface area contributed by atoms with Gasteiger partial charge in [-0.3, -0.25) is 0 Å². The summed E-state index contributed by atoms with van der Waals surface area (Å²) in [5, 5.41) is 27.2. The molecular weight excluding hydrogens is 350 g/mol. The second kappa shape index (κ2) is 6.04. The Morgan fingerprint density at radius 1 is 1.46 bits per heavy atom. The van der Waals surface area contributed by atoms with Gasteiger partial charge in [0.1, 0.15) is 6.10 Å². The minimum Gasteiger partial charge on any atom is -0.422 e. The third kappa shape index (κ3) is 3.26. The second-order valence-corrected chi connectivity index (χ2v) is 2.63. The van der Waals surface area contributed by atoms with E-state index < -0.39 is 24.6 Å². The van der Waals surface area contributed by atoms with Crippen molar-refractivity contribution in [1.29, 1.82) is 0 Å². The van der Waals surface area contributed by atoms with Gasteiger partial charge in [-0.15, -0.1) is 0 Å². The maximum atomic E-state index is 9.23. The van der Waals surface area contributed by atoms with Crippen LogP contribution in [0.2, 0.25) is 0 Å². The van der Waals surface area contributed by atoms with Crippen molar-refractivity contribution in [2.75, 3.05) is 13.7 Å². The summed E-state index contributed by atoms with van der Waals surface area (Å²) in [5.41, 5.74) is 0. The molecule has 13 heavy (non-hydrogen) atoms. The van der Waals surface area contributed by atoms with E-state index in [9.17, 15) is 10.2 Å². The van der Waals surface area contributed by atoms with Gasteiger partial charge >= 0.3 is 0 Å². The van der Waals surface area contributed by atoms with Gasteiger partial charge in [0.2, 0.25) is 0 Å². The van der Waals surface area contributed by atoms with Crippen LogP contribution in [0.25, 0.3) is 0 Å². The summed E-state index contributed by atoms with van der Waals surface area (Å²) in [6.07, 6.45) is -2.21. The van der Waals surface area contributed by atoms with Crippen molar-refractivity contribution < 1.29 is 45.2 Å². The fourth-order valence-corrected chi connectivity index (χ4v) is 1.08. The Morgan fingerprint density at radius 2 is 2.08 bits per heavy atom. The van der Waals surface area contributed by atoms with E-state index >= 15 is 0 Å². The van der Waals surface area contributed by atoms with Crippen LogP contribution in [0, 0.1) is 6.42 Å². The van der Waals surface area contributed by atoms with E-state index in [1.165, 1.54) is 13.5 Å². The van der Waals surface area contributed by atoms with Gasteiger partial charge in [-0.25, -0.2) is 6.42 Å². The van der Waals surface area contributed by atoms with Crippen LogP contribution in [0.3, 0.4) is 0 Å². The Labute approximate surface area is 90.3 Å². The summed E-state index contributed by atoms with van der Waals surface area (Å²) in [5.74, 6) is 0. The molecule has 6 heteroatoms. The van der Waals surface area contributed by atoms with E-state index in [1.807, 2.05) is 0 Å². The van der Waals surface area contributed by atoms with Gasteiger partial charge in [-0.2, -0.15) is 0 Å². The molecule has 0 saturated carbocycles. The SMILES string of the molecule is COC1[CH-]C(O)C(O)C(CO)O1.[Re]. The van der Waals surface area contributed by atoms with E-state index in [4.69, 9.17) is 14.6 Å². The van der Waals surface area contributed by atoms with E-state index in [0.717, 1.165) is 0 Å².